The van der Waals surface area contributed by atoms with Crippen LogP contribution in [0.2, 0.25) is 0 Å². The lowest BCUT2D eigenvalue weighted by molar-refractivity contribution is -0.144. The number of methoxy groups -OCH3 is 1. The summed E-state index contributed by atoms with van der Waals surface area (Å²) in [6.07, 6.45) is -3.68. The van der Waals surface area contributed by atoms with Gasteiger partial charge in [-0.25, -0.2) is 19.7 Å². The molecule has 3 rings (SSSR count). The number of nitrogens with one attached hydrogen (secondary N) is 2. The normalized spacial score (nSPS) is 26.3. The second-order valence-corrected chi connectivity index (χ2v) is 10.3. The van der Waals surface area contributed by atoms with E-state index >= 15 is 0 Å². The molecule has 0 aliphatic carbocycles. The van der Waals surface area contributed by atoms with Gasteiger partial charge in [0.2, 0.25) is 5.60 Å². The Morgan fingerprint density at radius 2 is 1.97 bits per heavy atom. The van der Waals surface area contributed by atoms with E-state index in [1.807, 2.05) is 6.07 Å². The molecule has 17 heteroatoms. The van der Waals surface area contributed by atoms with E-state index < -0.39 is 62.2 Å². The molecule has 0 saturated carbocycles. The van der Waals surface area contributed by atoms with Gasteiger partial charge in [0, 0.05) is 0 Å². The van der Waals surface area contributed by atoms with E-state index in [-0.39, 0.29) is 18.1 Å². The Bertz CT molecular complexity index is 1270. The number of hydrogen-bond acceptors (Lipinski definition) is 13. The number of nitriles is 1. The zero-order valence-electron chi connectivity index (χ0n) is 21.1. The minimum absolute atomic E-state index is 0.0628. The standard InChI is InChI=1S/C21H30N7O9P/c1-5-35-20(32)12(3)27-38(33,26-11(2)19(31)34-4)36-8-14-16(29)17(30)21(9-22,37-14)15-7-6-13-18(23)24-10-25-28(13)15/h6-7,10-12,14,16-17,29-30H,5,8H2,1-4H3,(H2,23,24,25)(H2,26,27,33)/t11-,12-,14+,16+,17+,21-,38?/m0/s1. The molecular weight excluding hydrogens is 525 g/mol. The van der Waals surface area contributed by atoms with Crippen molar-refractivity contribution in [3.63, 3.8) is 0 Å². The third-order valence-electron chi connectivity index (χ3n) is 5.83. The molecule has 2 aromatic rings. The number of nitrogen functional groups attached to an aromatic ring is 1. The number of aliphatic hydroxyl groups excluding tert-OH is 2. The van der Waals surface area contributed by atoms with Gasteiger partial charge in [-0.15, -0.1) is 0 Å². The molecule has 3 heterocycles. The maximum absolute atomic E-state index is 13.6. The lowest BCUT2D eigenvalue weighted by Gasteiger charge is -2.27. The van der Waals surface area contributed by atoms with E-state index in [1.54, 1.807) is 6.92 Å². The molecule has 7 atom stereocenters. The van der Waals surface area contributed by atoms with Crippen LogP contribution in [0.1, 0.15) is 26.5 Å². The van der Waals surface area contributed by atoms with Gasteiger partial charge in [0.1, 0.15) is 48.3 Å². The maximum atomic E-state index is 13.6. The Kier molecular flexibility index (Phi) is 9.05. The van der Waals surface area contributed by atoms with Crippen LogP contribution in [0.4, 0.5) is 5.82 Å². The Morgan fingerprint density at radius 3 is 2.58 bits per heavy atom. The van der Waals surface area contributed by atoms with Gasteiger partial charge in [0.25, 0.3) is 0 Å². The molecule has 1 unspecified atom stereocenters. The van der Waals surface area contributed by atoms with E-state index in [9.17, 15) is 29.6 Å². The predicted molar refractivity (Wildman–Crippen MR) is 129 cm³/mol. The van der Waals surface area contributed by atoms with Crippen molar-refractivity contribution in [1.29, 1.82) is 5.26 Å². The molecule has 0 radical (unpaired) electrons. The van der Waals surface area contributed by atoms with Crippen molar-refractivity contribution in [2.24, 2.45) is 0 Å². The van der Waals surface area contributed by atoms with Crippen molar-refractivity contribution in [2.45, 2.75) is 56.8 Å². The quantitative estimate of drug-likeness (QED) is 0.165. The number of fused-ring (bicyclic) bond motifs is 1. The van der Waals surface area contributed by atoms with Crippen molar-refractivity contribution < 1.29 is 43.1 Å². The van der Waals surface area contributed by atoms with Crippen LogP contribution in [0, 0.1) is 11.3 Å². The Morgan fingerprint density at radius 1 is 1.32 bits per heavy atom. The fourth-order valence-corrected chi connectivity index (χ4v) is 5.71. The summed E-state index contributed by atoms with van der Waals surface area (Å²) in [6, 6.07) is 2.57. The molecule has 2 aromatic heterocycles. The lowest BCUT2D eigenvalue weighted by atomic mass is 9.92. The molecule has 1 saturated heterocycles. The van der Waals surface area contributed by atoms with Gasteiger partial charge in [-0.3, -0.25) is 14.2 Å². The number of hydrogen-bond donors (Lipinski definition) is 5. The number of nitrogens with two attached hydrogens (primary N) is 1. The SMILES string of the molecule is CCOC(=O)[C@H](C)NP(=O)(N[C@@H](C)C(=O)OC)OC[C@H]1O[C@@](C#N)(c2ccc3c(N)ncnn23)[C@H](O)[C@@H]1O. The summed E-state index contributed by atoms with van der Waals surface area (Å²) in [5.41, 5.74) is 4.14. The van der Waals surface area contributed by atoms with E-state index in [1.165, 1.54) is 30.5 Å². The molecule has 38 heavy (non-hydrogen) atoms. The number of anilines is 1. The second kappa shape index (κ2) is 11.7. The highest BCUT2D eigenvalue weighted by Crippen LogP contribution is 2.44. The van der Waals surface area contributed by atoms with Crippen molar-refractivity contribution in [3.8, 4) is 6.07 Å². The highest BCUT2D eigenvalue weighted by Gasteiger charge is 2.58. The van der Waals surface area contributed by atoms with E-state index in [4.69, 9.17) is 19.7 Å². The van der Waals surface area contributed by atoms with Gasteiger partial charge >= 0.3 is 19.6 Å². The first-order valence-corrected chi connectivity index (χ1v) is 13.1. The Labute approximate surface area is 217 Å². The predicted octanol–water partition coefficient (Wildman–Crippen LogP) is -1.03. The van der Waals surface area contributed by atoms with Crippen LogP contribution in [-0.4, -0.2) is 87.5 Å². The van der Waals surface area contributed by atoms with E-state index in [0.717, 1.165) is 13.4 Å². The van der Waals surface area contributed by atoms with Crippen LogP contribution in [0.3, 0.4) is 0 Å². The van der Waals surface area contributed by atoms with Crippen LogP contribution >= 0.6 is 7.67 Å². The number of carbonyl (C=O) groups excluding carboxylic acids is 2. The number of ether oxygens (including phenoxy) is 3. The van der Waals surface area contributed by atoms with Crippen molar-refractivity contribution in [3.05, 3.63) is 24.2 Å². The molecule has 1 fully saturated rings. The largest absolute Gasteiger partial charge is 0.468 e. The van der Waals surface area contributed by atoms with Crippen molar-refractivity contribution in [1.82, 2.24) is 24.8 Å². The van der Waals surface area contributed by atoms with Crippen molar-refractivity contribution in [2.75, 3.05) is 26.1 Å². The molecule has 6 N–H and O–H groups in total. The van der Waals surface area contributed by atoms with Gasteiger partial charge in [-0.1, -0.05) is 0 Å². The van der Waals surface area contributed by atoms with Gasteiger partial charge in [0.05, 0.1) is 26.0 Å². The second-order valence-electron chi connectivity index (χ2n) is 8.42. The fourth-order valence-electron chi connectivity index (χ4n) is 3.90. The van der Waals surface area contributed by atoms with Gasteiger partial charge < -0.3 is 34.7 Å². The summed E-state index contributed by atoms with van der Waals surface area (Å²) < 4.78 is 35.7. The first kappa shape index (κ1) is 29.4. The fraction of sp³-hybridized carbons (Fsp3) is 0.571. The van der Waals surface area contributed by atoms with E-state index in [2.05, 4.69) is 25.0 Å². The molecule has 16 nitrogen and oxygen atoms in total. The monoisotopic (exact) mass is 555 g/mol. The number of nitrogens with zero attached hydrogens (tertiary/aromatic N) is 4. The number of aliphatic hydroxyl groups is 2. The molecule has 1 aliphatic rings. The molecule has 208 valence electrons. The zero-order chi connectivity index (χ0) is 28.3. The van der Waals surface area contributed by atoms with Crippen LogP contribution in [0.15, 0.2) is 18.5 Å². The first-order chi connectivity index (χ1) is 17.9. The van der Waals surface area contributed by atoms with E-state index in [0.29, 0.717) is 5.52 Å². The summed E-state index contributed by atoms with van der Waals surface area (Å²) in [6.45, 7) is 3.76. The molecular formula is C21H30N7O9P. The summed E-state index contributed by atoms with van der Waals surface area (Å²) >= 11 is 0. The highest BCUT2D eigenvalue weighted by molar-refractivity contribution is 7.54. The Balaban J connectivity index is 1.86. The van der Waals surface area contributed by atoms with Crippen molar-refractivity contribution >= 4 is 30.9 Å². The third-order valence-corrected chi connectivity index (χ3v) is 7.80. The first-order valence-electron chi connectivity index (χ1n) is 11.5. The number of esters is 2. The lowest BCUT2D eigenvalue weighted by Crippen LogP contribution is -2.43. The van der Waals surface area contributed by atoms with Gasteiger partial charge in [0.15, 0.2) is 5.82 Å². The number of aromatic nitrogens is 3. The topological polar surface area (TPSA) is 233 Å². The summed E-state index contributed by atoms with van der Waals surface area (Å²) in [4.78, 5) is 27.9. The minimum Gasteiger partial charge on any atom is -0.468 e. The summed E-state index contributed by atoms with van der Waals surface area (Å²) in [5, 5.41) is 40.6. The van der Waals surface area contributed by atoms with Crippen LogP contribution < -0.4 is 15.9 Å². The summed E-state index contributed by atoms with van der Waals surface area (Å²) in [7, 11) is -3.10. The maximum Gasteiger partial charge on any atom is 0.342 e. The number of carbonyl (C=O) groups is 2. The van der Waals surface area contributed by atoms with Crippen LogP contribution in [0.25, 0.3) is 5.52 Å². The highest BCUT2D eigenvalue weighted by atomic mass is 31.2. The zero-order valence-corrected chi connectivity index (χ0v) is 22.0. The number of rotatable bonds is 11. The molecule has 0 bridgehead atoms. The Hall–Kier alpha value is -3.16. The minimum atomic E-state index is -4.23. The molecule has 0 spiro atoms. The molecule has 0 amide bonds. The molecule has 0 aromatic carbocycles. The van der Waals surface area contributed by atoms with Crippen LogP contribution in [-0.2, 0) is 38.5 Å². The molecule has 1 aliphatic heterocycles. The van der Waals surface area contributed by atoms with Gasteiger partial charge in [-0.2, -0.15) is 10.4 Å². The van der Waals surface area contributed by atoms with Gasteiger partial charge in [-0.05, 0) is 32.9 Å². The average Bonchev–Trinajstić information content (AvgIpc) is 3.43. The average molecular weight is 555 g/mol. The summed E-state index contributed by atoms with van der Waals surface area (Å²) in [5.74, 6) is -1.39. The smallest absolute Gasteiger partial charge is 0.342 e. The van der Waals surface area contributed by atoms with Crippen LogP contribution in [0.5, 0.6) is 0 Å². The third kappa shape index (κ3) is 5.64.